The molecule has 0 bridgehead atoms. The molecule has 1 heterocycles. The average molecular weight is 884 g/mol. The Balaban J connectivity index is 1.28. The van der Waals surface area contributed by atoms with Gasteiger partial charge >= 0.3 is 12.2 Å². The van der Waals surface area contributed by atoms with Gasteiger partial charge in [-0.1, -0.05) is 51.1 Å². The maximum Gasteiger partial charge on any atom is 0.407 e. The van der Waals surface area contributed by atoms with Crippen molar-refractivity contribution in [3.8, 4) is 5.75 Å². The third-order valence-electron chi connectivity index (χ3n) is 10.4. The summed E-state index contributed by atoms with van der Waals surface area (Å²) in [5, 5.41) is 11.0. The van der Waals surface area contributed by atoms with Gasteiger partial charge in [0.1, 0.15) is 30.0 Å². The summed E-state index contributed by atoms with van der Waals surface area (Å²) < 4.78 is 38.5. The van der Waals surface area contributed by atoms with Crippen LogP contribution >= 0.6 is 0 Å². The van der Waals surface area contributed by atoms with Gasteiger partial charge in [0.15, 0.2) is 6.10 Å². The molecule has 5 amide bonds. The molecule has 17 nitrogen and oxygen atoms in total. The number of rotatable bonds is 22. The molecule has 2 aliphatic rings. The molecule has 2 unspecified atom stereocenters. The van der Waals surface area contributed by atoms with E-state index in [1.54, 1.807) is 25.7 Å². The minimum Gasteiger partial charge on any atom is -0.491 e. The van der Waals surface area contributed by atoms with Gasteiger partial charge in [0.05, 0.1) is 58.9 Å². The first kappa shape index (κ1) is 50.7. The molecular formula is C46H69N5O12. The highest BCUT2D eigenvalue weighted by Crippen LogP contribution is 2.33. The third-order valence-corrected chi connectivity index (χ3v) is 10.4. The Morgan fingerprint density at radius 1 is 0.778 bits per heavy atom. The molecule has 2 aromatic rings. The number of hydrogen-bond donors (Lipinski definition) is 4. The summed E-state index contributed by atoms with van der Waals surface area (Å²) in [4.78, 5) is 67.3. The number of benzene rings is 2. The van der Waals surface area contributed by atoms with Crippen molar-refractivity contribution in [1.29, 1.82) is 0 Å². The van der Waals surface area contributed by atoms with Crippen LogP contribution in [0.4, 0.5) is 9.59 Å². The highest BCUT2D eigenvalue weighted by molar-refractivity contribution is 5.94. The molecule has 63 heavy (non-hydrogen) atoms. The largest absolute Gasteiger partial charge is 0.491 e. The molecule has 1 aliphatic heterocycles. The maximum atomic E-state index is 14.7. The topological polar surface area (TPSA) is 201 Å². The molecule has 350 valence electrons. The molecule has 0 aromatic heterocycles. The first-order valence-electron chi connectivity index (χ1n) is 21.9. The van der Waals surface area contributed by atoms with Crippen LogP contribution in [0.2, 0.25) is 0 Å². The van der Waals surface area contributed by atoms with Crippen molar-refractivity contribution in [2.45, 2.75) is 111 Å². The maximum absolute atomic E-state index is 14.7. The Kier molecular flexibility index (Phi) is 19.9. The van der Waals surface area contributed by atoms with Crippen LogP contribution < -0.4 is 26.0 Å². The van der Waals surface area contributed by atoms with E-state index < -0.39 is 53.2 Å². The van der Waals surface area contributed by atoms with Gasteiger partial charge in [0.2, 0.25) is 11.8 Å². The van der Waals surface area contributed by atoms with Crippen LogP contribution in [0, 0.1) is 5.41 Å². The number of amides is 5. The first-order valence-corrected chi connectivity index (χ1v) is 21.9. The number of carbonyl (C=O) groups is 5. The zero-order valence-electron chi connectivity index (χ0n) is 38.3. The van der Waals surface area contributed by atoms with Crippen molar-refractivity contribution in [2.75, 3.05) is 73.1 Å². The number of hydrogen-bond acceptors (Lipinski definition) is 12. The molecular weight excluding hydrogens is 815 g/mol. The number of alkyl carbamates (subject to hydrolysis) is 2. The Hall–Kier alpha value is -4.97. The van der Waals surface area contributed by atoms with E-state index in [-0.39, 0.29) is 31.5 Å². The van der Waals surface area contributed by atoms with E-state index in [1.165, 1.54) is 19.5 Å². The fraction of sp³-hybridized carbons (Fsp3) is 0.630. The van der Waals surface area contributed by atoms with Crippen molar-refractivity contribution in [3.63, 3.8) is 0 Å². The predicted octanol–water partition coefficient (Wildman–Crippen LogP) is 4.38. The molecule has 1 aliphatic carbocycles. The molecule has 17 heteroatoms. The van der Waals surface area contributed by atoms with Gasteiger partial charge in [-0.25, -0.2) is 9.59 Å². The summed E-state index contributed by atoms with van der Waals surface area (Å²) in [6.45, 7) is 16.1. The van der Waals surface area contributed by atoms with E-state index in [0.717, 1.165) is 36.0 Å². The summed E-state index contributed by atoms with van der Waals surface area (Å²) in [5.41, 5.74) is 2.71. The summed E-state index contributed by atoms with van der Waals surface area (Å²) in [6, 6.07) is 11.7. The van der Waals surface area contributed by atoms with E-state index in [2.05, 4.69) is 27.3 Å². The number of ether oxygens (including phenoxy) is 7. The lowest BCUT2D eigenvalue weighted by molar-refractivity contribution is -0.148. The highest BCUT2D eigenvalue weighted by Gasteiger charge is 2.43. The Bertz CT molecular complexity index is 1810. The molecule has 4 atom stereocenters. The number of nitrogens with one attached hydrogen (secondary N) is 4. The minimum atomic E-state index is -1.17. The Morgan fingerprint density at radius 3 is 2.05 bits per heavy atom. The molecule has 2 aromatic carbocycles. The van der Waals surface area contributed by atoms with Crippen LogP contribution in [0.5, 0.6) is 5.75 Å². The summed E-state index contributed by atoms with van der Waals surface area (Å²) >= 11 is 0. The van der Waals surface area contributed by atoms with Crippen LogP contribution in [0.3, 0.4) is 0 Å². The van der Waals surface area contributed by atoms with Gasteiger partial charge in [-0.3, -0.25) is 14.4 Å². The molecule has 0 saturated carbocycles. The summed E-state index contributed by atoms with van der Waals surface area (Å²) in [7, 11) is 1.39. The van der Waals surface area contributed by atoms with Crippen molar-refractivity contribution in [1.82, 2.24) is 26.2 Å². The van der Waals surface area contributed by atoms with Crippen molar-refractivity contribution in [2.24, 2.45) is 5.41 Å². The minimum absolute atomic E-state index is 0.107. The van der Waals surface area contributed by atoms with Gasteiger partial charge in [-0.15, -0.1) is 0 Å². The number of fused-ring (bicyclic) bond motifs is 2. The smallest absolute Gasteiger partial charge is 0.407 e. The van der Waals surface area contributed by atoms with Crippen molar-refractivity contribution < 1.29 is 57.1 Å². The normalized spacial score (nSPS) is 17.0. The molecule has 0 saturated heterocycles. The fourth-order valence-corrected chi connectivity index (χ4v) is 7.15. The molecule has 4 rings (SSSR count). The van der Waals surface area contributed by atoms with Crippen LogP contribution in [-0.4, -0.2) is 132 Å². The lowest BCUT2D eigenvalue weighted by Crippen LogP contribution is -2.61. The quantitative estimate of drug-likeness (QED) is 0.122. The van der Waals surface area contributed by atoms with E-state index in [0.29, 0.717) is 65.1 Å². The summed E-state index contributed by atoms with van der Waals surface area (Å²) in [6.07, 6.45) is 0.505. The van der Waals surface area contributed by atoms with Crippen LogP contribution in [0.1, 0.15) is 89.6 Å². The lowest BCUT2D eigenvalue weighted by atomic mass is 9.83. The van der Waals surface area contributed by atoms with Crippen molar-refractivity contribution >= 4 is 29.9 Å². The van der Waals surface area contributed by atoms with E-state index in [1.807, 2.05) is 57.2 Å². The second-order valence-electron chi connectivity index (χ2n) is 17.6. The highest BCUT2D eigenvalue weighted by atomic mass is 16.6. The number of aryl methyl sites for hydroxylation is 1. The SMILES string of the molecule is CNC(=O)OC(C)C(=O)NC(C(=O)N1Cc2cc(OCCOCCOCCOCCOCCNC(=O)OC(C)(C)C)ccc2C[C@H]1C(=O)N[C@@H]1CCCc2ccccc21)C(C)(C)C. The second kappa shape index (κ2) is 24.8. The Morgan fingerprint density at radius 2 is 1.41 bits per heavy atom. The van der Waals surface area contributed by atoms with E-state index in [4.69, 9.17) is 33.2 Å². The third kappa shape index (κ3) is 16.9. The second-order valence-corrected chi connectivity index (χ2v) is 17.6. The molecule has 0 spiro atoms. The first-order chi connectivity index (χ1) is 30.0. The van der Waals surface area contributed by atoms with Gasteiger partial charge in [-0.2, -0.15) is 0 Å². The number of carbonyl (C=O) groups excluding carboxylic acids is 5. The predicted molar refractivity (Wildman–Crippen MR) is 234 cm³/mol. The van der Waals surface area contributed by atoms with Crippen LogP contribution in [-0.2, 0) is 62.2 Å². The lowest BCUT2D eigenvalue weighted by Gasteiger charge is -2.41. The monoisotopic (exact) mass is 883 g/mol. The zero-order valence-corrected chi connectivity index (χ0v) is 38.3. The molecule has 4 N–H and O–H groups in total. The van der Waals surface area contributed by atoms with Gasteiger partial charge in [-0.05, 0) is 86.8 Å². The van der Waals surface area contributed by atoms with Gasteiger partial charge < -0.3 is 59.3 Å². The van der Waals surface area contributed by atoms with Gasteiger partial charge in [0, 0.05) is 26.6 Å². The van der Waals surface area contributed by atoms with Gasteiger partial charge in [0.25, 0.3) is 5.91 Å². The number of nitrogens with zero attached hydrogens (tertiary/aromatic N) is 1. The van der Waals surface area contributed by atoms with E-state index in [9.17, 15) is 24.0 Å². The van der Waals surface area contributed by atoms with Crippen LogP contribution in [0.15, 0.2) is 42.5 Å². The standard InChI is InChI=1S/C46H69N5O12/c1-31(62-43(55)47-8)40(52)50-39(45(2,3)4)42(54)51-30-34-28-35(17-16-33(34)29-38(51)41(53)49-37-15-11-13-32-12-9-10-14-36(32)37)61-27-26-60-25-24-59-23-22-58-21-20-57-19-18-48-44(56)63-46(5,6)7/h9-10,12,14,16-17,28,31,37-39H,11,13,15,18-27,29-30H2,1-8H3,(H,47,55)(H,48,56)(H,49,53)(H,50,52)/t31?,37-,38+,39?/m1/s1. The fourth-order valence-electron chi connectivity index (χ4n) is 7.15. The van der Waals surface area contributed by atoms with Crippen LogP contribution in [0.25, 0.3) is 0 Å². The molecule has 0 radical (unpaired) electrons. The zero-order chi connectivity index (χ0) is 46.0. The van der Waals surface area contributed by atoms with E-state index >= 15 is 0 Å². The average Bonchev–Trinajstić information content (AvgIpc) is 3.23. The van der Waals surface area contributed by atoms with Crippen molar-refractivity contribution in [3.05, 3.63) is 64.7 Å². The summed E-state index contributed by atoms with van der Waals surface area (Å²) in [5.74, 6) is -0.747. The molecule has 0 fully saturated rings. The Labute approximate surface area is 371 Å².